The third-order valence-electron chi connectivity index (χ3n) is 3.33. The van der Waals surface area contributed by atoms with Crippen molar-refractivity contribution in [1.82, 2.24) is 9.78 Å². The summed E-state index contributed by atoms with van der Waals surface area (Å²) >= 11 is 0. The van der Waals surface area contributed by atoms with E-state index in [1.54, 1.807) is 0 Å². The first-order valence-electron chi connectivity index (χ1n) is 6.84. The Bertz CT molecular complexity index is 616. The molecule has 0 spiro atoms. The van der Waals surface area contributed by atoms with Gasteiger partial charge in [0.2, 0.25) is 5.91 Å². The molecule has 106 valence electrons. The Kier molecular flexibility index (Phi) is 4.23. The molecule has 0 saturated heterocycles. The van der Waals surface area contributed by atoms with Crippen LogP contribution in [0.5, 0.6) is 0 Å². The van der Waals surface area contributed by atoms with E-state index >= 15 is 0 Å². The predicted molar refractivity (Wildman–Crippen MR) is 80.8 cm³/mol. The van der Waals surface area contributed by atoms with E-state index in [4.69, 9.17) is 0 Å². The molecular formula is C16H21N3O. The lowest BCUT2D eigenvalue weighted by molar-refractivity contribution is -0.116. The van der Waals surface area contributed by atoms with Gasteiger partial charge in [0.1, 0.15) is 0 Å². The highest BCUT2D eigenvalue weighted by Crippen LogP contribution is 2.18. The van der Waals surface area contributed by atoms with Crippen LogP contribution < -0.4 is 5.32 Å². The van der Waals surface area contributed by atoms with Crippen LogP contribution in [0.1, 0.15) is 36.2 Å². The molecule has 4 nitrogen and oxygen atoms in total. The van der Waals surface area contributed by atoms with Crippen molar-refractivity contribution in [2.24, 2.45) is 0 Å². The summed E-state index contributed by atoms with van der Waals surface area (Å²) in [5.74, 6) is 0.0117. The zero-order chi connectivity index (χ0) is 14.7. The van der Waals surface area contributed by atoms with Crippen LogP contribution in [0.25, 0.3) is 0 Å². The number of nitrogens with one attached hydrogen (secondary N) is 1. The van der Waals surface area contributed by atoms with Gasteiger partial charge in [0, 0.05) is 18.3 Å². The molecule has 0 radical (unpaired) electrons. The molecule has 0 unspecified atom stereocenters. The number of anilines is 1. The average Bonchev–Trinajstić information content (AvgIpc) is 2.79. The van der Waals surface area contributed by atoms with E-state index in [1.807, 2.05) is 56.8 Å². The van der Waals surface area contributed by atoms with E-state index < -0.39 is 0 Å². The van der Waals surface area contributed by atoms with Gasteiger partial charge in [-0.2, -0.15) is 5.10 Å². The quantitative estimate of drug-likeness (QED) is 0.926. The van der Waals surface area contributed by atoms with Crippen LogP contribution in [0.3, 0.4) is 0 Å². The fourth-order valence-corrected chi connectivity index (χ4v) is 2.20. The normalized spacial score (nSPS) is 12.2. The first-order chi connectivity index (χ1) is 9.45. The molecule has 0 aliphatic rings. The molecule has 0 fully saturated rings. The summed E-state index contributed by atoms with van der Waals surface area (Å²) < 4.78 is 1.83. The number of hydrogen-bond donors (Lipinski definition) is 1. The van der Waals surface area contributed by atoms with Crippen molar-refractivity contribution in [3.8, 4) is 0 Å². The van der Waals surface area contributed by atoms with Crippen LogP contribution >= 0.6 is 0 Å². The molecule has 1 amide bonds. The highest BCUT2D eigenvalue weighted by Gasteiger charge is 2.12. The maximum Gasteiger partial charge on any atom is 0.226 e. The molecule has 0 aliphatic carbocycles. The van der Waals surface area contributed by atoms with Gasteiger partial charge in [-0.3, -0.25) is 9.48 Å². The van der Waals surface area contributed by atoms with Crippen molar-refractivity contribution < 1.29 is 4.79 Å². The summed E-state index contributed by atoms with van der Waals surface area (Å²) in [7, 11) is 0. The van der Waals surface area contributed by atoms with Gasteiger partial charge in [-0.1, -0.05) is 17.7 Å². The summed E-state index contributed by atoms with van der Waals surface area (Å²) in [5.41, 5.74) is 4.12. The number of rotatable bonds is 4. The third-order valence-corrected chi connectivity index (χ3v) is 3.33. The number of hydrogen-bond acceptors (Lipinski definition) is 2. The van der Waals surface area contributed by atoms with Gasteiger partial charge in [0.05, 0.1) is 11.7 Å². The van der Waals surface area contributed by atoms with E-state index in [0.29, 0.717) is 6.42 Å². The monoisotopic (exact) mass is 271 g/mol. The molecule has 20 heavy (non-hydrogen) atoms. The second-order valence-corrected chi connectivity index (χ2v) is 5.36. The Morgan fingerprint density at radius 1 is 1.30 bits per heavy atom. The van der Waals surface area contributed by atoms with E-state index in [9.17, 15) is 4.79 Å². The first-order valence-corrected chi connectivity index (χ1v) is 6.84. The molecule has 0 bridgehead atoms. The number of carbonyl (C=O) groups excluding carboxylic acids is 1. The molecule has 1 atom stereocenters. The first kappa shape index (κ1) is 14.3. The molecule has 1 N–H and O–H groups in total. The largest absolute Gasteiger partial charge is 0.326 e. The van der Waals surface area contributed by atoms with Crippen LogP contribution in [-0.2, 0) is 4.79 Å². The topological polar surface area (TPSA) is 46.9 Å². The Labute approximate surface area is 119 Å². The number of aryl methyl sites for hydroxylation is 3. The Morgan fingerprint density at radius 2 is 2.05 bits per heavy atom. The lowest BCUT2D eigenvalue weighted by atomic mass is 10.1. The molecule has 2 rings (SSSR count). The van der Waals surface area contributed by atoms with Crippen molar-refractivity contribution in [3.05, 3.63) is 47.3 Å². The molecule has 0 saturated carbocycles. The number of carbonyl (C=O) groups is 1. The van der Waals surface area contributed by atoms with Crippen LogP contribution in [0, 0.1) is 20.8 Å². The van der Waals surface area contributed by atoms with Gasteiger partial charge in [-0.15, -0.1) is 0 Å². The maximum absolute atomic E-state index is 12.1. The van der Waals surface area contributed by atoms with Crippen molar-refractivity contribution >= 4 is 11.6 Å². The SMILES string of the molecule is Cc1ccc(NC(=O)C[C@H](C)n2ccc(C)n2)c(C)c1. The Hall–Kier alpha value is -2.10. The molecule has 4 heteroatoms. The highest BCUT2D eigenvalue weighted by atomic mass is 16.1. The Balaban J connectivity index is 1.98. The molecule has 1 aromatic carbocycles. The Morgan fingerprint density at radius 3 is 2.65 bits per heavy atom. The third kappa shape index (κ3) is 3.47. The fraction of sp³-hybridized carbons (Fsp3) is 0.375. The van der Waals surface area contributed by atoms with Crippen molar-refractivity contribution in [2.75, 3.05) is 5.32 Å². The smallest absolute Gasteiger partial charge is 0.226 e. The lowest BCUT2D eigenvalue weighted by Crippen LogP contribution is -2.18. The van der Waals surface area contributed by atoms with Gasteiger partial charge in [-0.25, -0.2) is 0 Å². The van der Waals surface area contributed by atoms with Crippen molar-refractivity contribution in [3.63, 3.8) is 0 Å². The highest BCUT2D eigenvalue weighted by molar-refractivity contribution is 5.91. The number of aromatic nitrogens is 2. The van der Waals surface area contributed by atoms with E-state index in [-0.39, 0.29) is 11.9 Å². The number of amides is 1. The van der Waals surface area contributed by atoms with Gasteiger partial charge in [0.15, 0.2) is 0 Å². The van der Waals surface area contributed by atoms with Crippen LogP contribution in [-0.4, -0.2) is 15.7 Å². The maximum atomic E-state index is 12.1. The lowest BCUT2D eigenvalue weighted by Gasteiger charge is -2.13. The van der Waals surface area contributed by atoms with Crippen LogP contribution in [0.15, 0.2) is 30.5 Å². The zero-order valence-corrected chi connectivity index (χ0v) is 12.5. The van der Waals surface area contributed by atoms with Crippen LogP contribution in [0.2, 0.25) is 0 Å². The van der Waals surface area contributed by atoms with Crippen LogP contribution in [0.4, 0.5) is 5.69 Å². The van der Waals surface area contributed by atoms with Gasteiger partial charge in [0.25, 0.3) is 0 Å². The fourth-order valence-electron chi connectivity index (χ4n) is 2.20. The number of nitrogens with zero attached hydrogens (tertiary/aromatic N) is 2. The minimum Gasteiger partial charge on any atom is -0.326 e. The van der Waals surface area contributed by atoms with Crippen molar-refractivity contribution in [2.45, 2.75) is 40.2 Å². The molecule has 0 aliphatic heterocycles. The minimum absolute atomic E-state index is 0.0117. The summed E-state index contributed by atoms with van der Waals surface area (Å²) in [4.78, 5) is 12.1. The zero-order valence-electron chi connectivity index (χ0n) is 12.5. The predicted octanol–water partition coefficient (Wildman–Crippen LogP) is 3.40. The van der Waals surface area contributed by atoms with Gasteiger partial charge >= 0.3 is 0 Å². The summed E-state index contributed by atoms with van der Waals surface area (Å²) in [6, 6.07) is 8.01. The van der Waals surface area contributed by atoms with E-state index in [0.717, 1.165) is 16.9 Å². The second-order valence-electron chi connectivity index (χ2n) is 5.36. The standard InChI is InChI=1S/C16H21N3O/c1-11-5-6-15(12(2)9-11)17-16(20)10-14(4)19-8-7-13(3)18-19/h5-9,14H,10H2,1-4H3,(H,17,20)/t14-/m0/s1. The molecule has 1 aromatic heterocycles. The molecular weight excluding hydrogens is 250 g/mol. The summed E-state index contributed by atoms with van der Waals surface area (Å²) in [6.45, 7) is 7.98. The summed E-state index contributed by atoms with van der Waals surface area (Å²) in [6.07, 6.45) is 2.32. The van der Waals surface area contributed by atoms with E-state index in [2.05, 4.69) is 16.5 Å². The minimum atomic E-state index is 0.0117. The summed E-state index contributed by atoms with van der Waals surface area (Å²) in [5, 5.41) is 7.30. The second kappa shape index (κ2) is 5.90. The molecule has 1 heterocycles. The number of benzene rings is 1. The van der Waals surface area contributed by atoms with E-state index in [1.165, 1.54) is 5.56 Å². The molecule has 2 aromatic rings. The van der Waals surface area contributed by atoms with Gasteiger partial charge < -0.3 is 5.32 Å². The van der Waals surface area contributed by atoms with Crippen molar-refractivity contribution in [1.29, 1.82) is 0 Å². The average molecular weight is 271 g/mol. The van der Waals surface area contributed by atoms with Gasteiger partial charge in [-0.05, 0) is 45.4 Å².